The van der Waals surface area contributed by atoms with Crippen molar-refractivity contribution >= 4 is 11.4 Å². The summed E-state index contributed by atoms with van der Waals surface area (Å²) in [5, 5.41) is 3.41. The number of nitrogens with one attached hydrogen (secondary N) is 1. The fourth-order valence-corrected chi connectivity index (χ4v) is 2.97. The summed E-state index contributed by atoms with van der Waals surface area (Å²) < 4.78 is 11.6. The Morgan fingerprint density at radius 2 is 2.29 bits per heavy atom. The minimum absolute atomic E-state index is 0.156. The predicted octanol–water partition coefficient (Wildman–Crippen LogP) is 1.97. The molecular formula is C16H25N3O2. The Kier molecular flexibility index (Phi) is 4.51. The summed E-state index contributed by atoms with van der Waals surface area (Å²) in [6.07, 6.45) is 3.05. The van der Waals surface area contributed by atoms with E-state index < -0.39 is 0 Å². The summed E-state index contributed by atoms with van der Waals surface area (Å²) >= 11 is 0. The highest BCUT2D eigenvalue weighted by Crippen LogP contribution is 2.31. The Hall–Kier alpha value is -1.46. The predicted molar refractivity (Wildman–Crippen MR) is 84.8 cm³/mol. The maximum Gasteiger partial charge on any atom is 0.199 e. The van der Waals surface area contributed by atoms with Crippen LogP contribution in [-0.2, 0) is 4.74 Å². The zero-order valence-corrected chi connectivity index (χ0v) is 12.7. The van der Waals surface area contributed by atoms with Gasteiger partial charge in [-0.2, -0.15) is 0 Å². The summed E-state index contributed by atoms with van der Waals surface area (Å²) in [4.78, 5) is 2.39. The second-order valence-electron chi connectivity index (χ2n) is 5.88. The third-order valence-corrected chi connectivity index (χ3v) is 4.23. The van der Waals surface area contributed by atoms with Gasteiger partial charge in [0.05, 0.1) is 12.3 Å². The summed E-state index contributed by atoms with van der Waals surface area (Å²) in [5.41, 5.74) is 7.91. The molecule has 0 spiro atoms. The summed E-state index contributed by atoms with van der Waals surface area (Å²) in [6.45, 7) is 6.03. The quantitative estimate of drug-likeness (QED) is 0.834. The van der Waals surface area contributed by atoms with E-state index in [1.54, 1.807) is 0 Å². The average molecular weight is 291 g/mol. The Bertz CT molecular complexity index is 475. The van der Waals surface area contributed by atoms with E-state index in [4.69, 9.17) is 15.2 Å². The fourth-order valence-electron chi connectivity index (χ4n) is 2.97. The monoisotopic (exact) mass is 291 g/mol. The van der Waals surface area contributed by atoms with E-state index in [1.165, 1.54) is 5.69 Å². The van der Waals surface area contributed by atoms with Crippen LogP contribution in [0.2, 0.25) is 0 Å². The smallest absolute Gasteiger partial charge is 0.199 e. The first-order valence-corrected chi connectivity index (χ1v) is 7.89. The highest BCUT2D eigenvalue weighted by Gasteiger charge is 2.21. The summed E-state index contributed by atoms with van der Waals surface area (Å²) in [6, 6.07) is 6.53. The van der Waals surface area contributed by atoms with Gasteiger partial charge in [0.25, 0.3) is 0 Å². The van der Waals surface area contributed by atoms with Crippen molar-refractivity contribution in [2.45, 2.75) is 38.5 Å². The van der Waals surface area contributed by atoms with Gasteiger partial charge in [-0.25, -0.2) is 0 Å². The molecule has 2 saturated heterocycles. The molecule has 2 fully saturated rings. The molecule has 2 aliphatic heterocycles. The molecular weight excluding hydrogens is 266 g/mol. The van der Waals surface area contributed by atoms with Gasteiger partial charge in [0.15, 0.2) is 6.29 Å². The highest BCUT2D eigenvalue weighted by molar-refractivity contribution is 5.63. The van der Waals surface area contributed by atoms with Crippen LogP contribution in [-0.4, -0.2) is 38.6 Å². The molecule has 2 unspecified atom stereocenters. The van der Waals surface area contributed by atoms with Crippen molar-refractivity contribution in [3.05, 3.63) is 18.2 Å². The van der Waals surface area contributed by atoms with Crippen LogP contribution in [0, 0.1) is 0 Å². The SMILES string of the molecule is CC1CNCCN1c1ccc(N)c(OC2CCCCO2)c1. The molecule has 0 aromatic heterocycles. The second kappa shape index (κ2) is 6.54. The minimum Gasteiger partial charge on any atom is -0.463 e. The fraction of sp³-hybridized carbons (Fsp3) is 0.625. The van der Waals surface area contributed by atoms with Crippen LogP contribution < -0.4 is 20.7 Å². The van der Waals surface area contributed by atoms with E-state index in [0.717, 1.165) is 51.3 Å². The Morgan fingerprint density at radius 1 is 1.38 bits per heavy atom. The van der Waals surface area contributed by atoms with E-state index in [9.17, 15) is 0 Å². The van der Waals surface area contributed by atoms with Crippen molar-refractivity contribution < 1.29 is 9.47 Å². The number of nitrogen functional groups attached to an aromatic ring is 1. The first-order chi connectivity index (χ1) is 10.2. The Morgan fingerprint density at radius 3 is 3.05 bits per heavy atom. The van der Waals surface area contributed by atoms with Gasteiger partial charge in [0, 0.05) is 43.9 Å². The average Bonchev–Trinajstić information content (AvgIpc) is 2.51. The van der Waals surface area contributed by atoms with Gasteiger partial charge in [-0.05, 0) is 31.9 Å². The molecule has 1 aromatic rings. The molecule has 2 atom stereocenters. The number of anilines is 2. The lowest BCUT2D eigenvalue weighted by Crippen LogP contribution is -2.49. The topological polar surface area (TPSA) is 59.8 Å². The molecule has 3 rings (SSSR count). The number of benzene rings is 1. The van der Waals surface area contributed by atoms with Crippen LogP contribution in [0.15, 0.2) is 18.2 Å². The summed E-state index contributed by atoms with van der Waals surface area (Å²) in [5.74, 6) is 0.741. The molecule has 116 valence electrons. The molecule has 0 bridgehead atoms. The Balaban J connectivity index is 1.75. The standard InChI is InChI=1S/C16H25N3O2/c1-12-11-18-7-8-19(12)13-5-6-14(17)15(10-13)21-16-4-2-3-9-20-16/h5-6,10,12,16,18H,2-4,7-9,11,17H2,1H3. The highest BCUT2D eigenvalue weighted by atomic mass is 16.7. The molecule has 5 nitrogen and oxygen atoms in total. The van der Waals surface area contributed by atoms with E-state index in [1.807, 2.05) is 6.07 Å². The molecule has 0 aliphatic carbocycles. The van der Waals surface area contributed by atoms with Crippen LogP contribution in [0.25, 0.3) is 0 Å². The first kappa shape index (κ1) is 14.5. The lowest BCUT2D eigenvalue weighted by Gasteiger charge is -2.36. The van der Waals surface area contributed by atoms with Crippen LogP contribution >= 0.6 is 0 Å². The zero-order valence-electron chi connectivity index (χ0n) is 12.7. The molecule has 0 amide bonds. The third kappa shape index (κ3) is 3.41. The van der Waals surface area contributed by atoms with Crippen LogP contribution in [0.5, 0.6) is 5.75 Å². The lowest BCUT2D eigenvalue weighted by molar-refractivity contribution is -0.105. The normalized spacial score (nSPS) is 26.6. The van der Waals surface area contributed by atoms with Crippen molar-refractivity contribution in [3.63, 3.8) is 0 Å². The van der Waals surface area contributed by atoms with Gasteiger partial charge < -0.3 is 25.4 Å². The molecule has 21 heavy (non-hydrogen) atoms. The van der Waals surface area contributed by atoms with Crippen molar-refractivity contribution in [3.8, 4) is 5.75 Å². The number of rotatable bonds is 3. The number of ether oxygens (including phenoxy) is 2. The van der Waals surface area contributed by atoms with Gasteiger partial charge in [-0.3, -0.25) is 0 Å². The first-order valence-electron chi connectivity index (χ1n) is 7.89. The molecule has 3 N–H and O–H groups in total. The number of hydrogen-bond acceptors (Lipinski definition) is 5. The van der Waals surface area contributed by atoms with Crippen LogP contribution in [0.3, 0.4) is 0 Å². The number of hydrogen-bond donors (Lipinski definition) is 2. The van der Waals surface area contributed by atoms with E-state index in [0.29, 0.717) is 11.7 Å². The van der Waals surface area contributed by atoms with Crippen molar-refractivity contribution in [1.82, 2.24) is 5.32 Å². The van der Waals surface area contributed by atoms with Crippen LogP contribution in [0.1, 0.15) is 26.2 Å². The molecule has 2 heterocycles. The number of piperazine rings is 1. The maximum atomic E-state index is 6.06. The summed E-state index contributed by atoms with van der Waals surface area (Å²) in [7, 11) is 0. The van der Waals surface area contributed by atoms with Gasteiger partial charge in [-0.1, -0.05) is 0 Å². The zero-order chi connectivity index (χ0) is 14.7. The number of nitrogens with zero attached hydrogens (tertiary/aromatic N) is 1. The molecule has 5 heteroatoms. The molecule has 1 aromatic carbocycles. The maximum absolute atomic E-state index is 6.06. The van der Waals surface area contributed by atoms with Gasteiger partial charge in [0.2, 0.25) is 0 Å². The second-order valence-corrected chi connectivity index (χ2v) is 5.88. The molecule has 0 saturated carbocycles. The molecule has 2 aliphatic rings. The van der Waals surface area contributed by atoms with Crippen molar-refractivity contribution in [2.24, 2.45) is 0 Å². The van der Waals surface area contributed by atoms with E-state index in [-0.39, 0.29) is 6.29 Å². The van der Waals surface area contributed by atoms with E-state index in [2.05, 4.69) is 29.3 Å². The lowest BCUT2D eigenvalue weighted by atomic mass is 10.1. The van der Waals surface area contributed by atoms with Gasteiger partial charge in [0.1, 0.15) is 5.75 Å². The van der Waals surface area contributed by atoms with Crippen LogP contribution in [0.4, 0.5) is 11.4 Å². The Labute approximate surface area is 126 Å². The molecule has 0 radical (unpaired) electrons. The van der Waals surface area contributed by atoms with Gasteiger partial charge in [-0.15, -0.1) is 0 Å². The van der Waals surface area contributed by atoms with Gasteiger partial charge >= 0.3 is 0 Å². The third-order valence-electron chi connectivity index (χ3n) is 4.23. The number of nitrogens with two attached hydrogens (primary N) is 1. The van der Waals surface area contributed by atoms with Crippen molar-refractivity contribution in [1.29, 1.82) is 0 Å². The minimum atomic E-state index is -0.156. The van der Waals surface area contributed by atoms with Crippen molar-refractivity contribution in [2.75, 3.05) is 36.9 Å². The largest absolute Gasteiger partial charge is 0.463 e. The van der Waals surface area contributed by atoms with E-state index >= 15 is 0 Å².